The number of benzene rings is 2. The minimum Gasteiger partial charge on any atom is -0.374 e. The Morgan fingerprint density at radius 2 is 1.47 bits per heavy atom. The molecule has 0 aliphatic rings. The van der Waals surface area contributed by atoms with Crippen LogP contribution in [0.15, 0.2) is 54.6 Å². The van der Waals surface area contributed by atoms with Crippen LogP contribution in [0.2, 0.25) is 0 Å². The summed E-state index contributed by atoms with van der Waals surface area (Å²) in [5, 5.41) is 12.1. The van der Waals surface area contributed by atoms with E-state index in [1.165, 1.54) is 4.90 Å². The molecule has 0 radical (unpaired) electrons. The Hall–Kier alpha value is -2.75. The maximum absolute atomic E-state index is 12.9. The van der Waals surface area contributed by atoms with Crippen LogP contribution in [-0.4, -0.2) is 37.0 Å². The lowest BCUT2D eigenvalue weighted by Crippen LogP contribution is -2.53. The Morgan fingerprint density at radius 3 is 1.97 bits per heavy atom. The molecule has 0 atom stereocenters. The second-order valence-corrected chi connectivity index (χ2v) is 6.69. The molecule has 0 unspecified atom stereocenters. The number of amides is 1. The minimum absolute atomic E-state index is 0.0696. The van der Waals surface area contributed by atoms with Crippen molar-refractivity contribution in [2.75, 3.05) is 18.5 Å². The van der Waals surface area contributed by atoms with Crippen LogP contribution in [0.25, 0.3) is 0 Å². The van der Waals surface area contributed by atoms with E-state index >= 15 is 0 Å². The zero-order valence-corrected chi connectivity index (χ0v) is 15.9. The molecule has 30 heavy (non-hydrogen) atoms. The second kappa shape index (κ2) is 8.95. The molecule has 10 heteroatoms. The molecule has 164 valence electrons. The van der Waals surface area contributed by atoms with E-state index in [1.54, 1.807) is 7.05 Å². The highest BCUT2D eigenvalue weighted by molar-refractivity contribution is 5.76. The highest BCUT2D eigenvalue weighted by atomic mass is 19.4. The van der Waals surface area contributed by atoms with Crippen LogP contribution < -0.4 is 10.2 Å². The first-order chi connectivity index (χ1) is 13.9. The van der Waals surface area contributed by atoms with Crippen molar-refractivity contribution in [3.63, 3.8) is 0 Å². The Kier molecular flexibility index (Phi) is 7.02. The lowest BCUT2D eigenvalue weighted by Gasteiger charge is -2.33. The van der Waals surface area contributed by atoms with Crippen molar-refractivity contribution in [3.05, 3.63) is 65.7 Å². The van der Waals surface area contributed by atoms with Crippen LogP contribution in [0.3, 0.4) is 0 Å². The molecule has 0 spiro atoms. The van der Waals surface area contributed by atoms with Crippen molar-refractivity contribution in [1.82, 2.24) is 5.32 Å². The van der Waals surface area contributed by atoms with Crippen molar-refractivity contribution >= 4 is 11.6 Å². The van der Waals surface area contributed by atoms with Gasteiger partial charge in [0.15, 0.2) is 0 Å². The van der Waals surface area contributed by atoms with E-state index in [2.05, 4.69) is 5.32 Å². The highest BCUT2D eigenvalue weighted by Crippen LogP contribution is 2.50. The van der Waals surface area contributed by atoms with Gasteiger partial charge in [0.25, 0.3) is 5.60 Å². The van der Waals surface area contributed by atoms with Gasteiger partial charge in [-0.2, -0.15) is 26.3 Å². The van der Waals surface area contributed by atoms with E-state index in [9.17, 15) is 36.2 Å². The van der Waals surface area contributed by atoms with E-state index in [0.717, 1.165) is 17.7 Å². The number of nitrogens with zero attached hydrogens (tertiary/aromatic N) is 1. The molecule has 2 rings (SSSR count). The van der Waals surface area contributed by atoms with E-state index in [0.29, 0.717) is 24.4 Å². The van der Waals surface area contributed by atoms with Gasteiger partial charge in [-0.05, 0) is 17.7 Å². The predicted molar refractivity (Wildman–Crippen MR) is 98.6 cm³/mol. The van der Waals surface area contributed by atoms with Gasteiger partial charge in [-0.3, -0.25) is 4.79 Å². The van der Waals surface area contributed by atoms with Crippen LogP contribution in [0.5, 0.6) is 0 Å². The Balaban J connectivity index is 1.99. The summed E-state index contributed by atoms with van der Waals surface area (Å²) in [7, 11) is 1.54. The van der Waals surface area contributed by atoms with Crippen LogP contribution in [0.1, 0.15) is 17.5 Å². The van der Waals surface area contributed by atoms with Crippen molar-refractivity contribution in [1.29, 1.82) is 0 Å². The third-order valence-corrected chi connectivity index (χ3v) is 4.55. The number of carbonyl (C=O) groups is 1. The fraction of sp³-hybridized carbons (Fsp3) is 0.350. The summed E-state index contributed by atoms with van der Waals surface area (Å²) in [4.78, 5) is 13.4. The Morgan fingerprint density at radius 1 is 0.933 bits per heavy atom. The van der Waals surface area contributed by atoms with Gasteiger partial charge in [-0.1, -0.05) is 42.5 Å². The van der Waals surface area contributed by atoms with Crippen LogP contribution in [0.4, 0.5) is 32.0 Å². The van der Waals surface area contributed by atoms with E-state index in [4.69, 9.17) is 0 Å². The molecule has 0 saturated carbocycles. The molecule has 0 aliphatic carbocycles. The normalized spacial score (nSPS) is 12.5. The van der Waals surface area contributed by atoms with E-state index in [-0.39, 0.29) is 18.9 Å². The first-order valence-corrected chi connectivity index (χ1v) is 8.84. The molecule has 0 aromatic heterocycles. The van der Waals surface area contributed by atoms with Crippen molar-refractivity contribution in [2.45, 2.75) is 30.9 Å². The van der Waals surface area contributed by atoms with Crippen molar-refractivity contribution in [2.24, 2.45) is 0 Å². The first-order valence-electron chi connectivity index (χ1n) is 8.84. The summed E-state index contributed by atoms with van der Waals surface area (Å²) < 4.78 is 77.6. The number of hydrogen-bond acceptors (Lipinski definition) is 3. The minimum atomic E-state index is -5.94. The first kappa shape index (κ1) is 23.5. The molecule has 1 amide bonds. The molecular weight excluding hydrogens is 414 g/mol. The second-order valence-electron chi connectivity index (χ2n) is 6.69. The number of halogens is 6. The molecule has 2 aromatic carbocycles. The van der Waals surface area contributed by atoms with Gasteiger partial charge in [0.05, 0.1) is 0 Å². The van der Waals surface area contributed by atoms with Crippen LogP contribution >= 0.6 is 0 Å². The largest absolute Gasteiger partial charge is 0.430 e. The average molecular weight is 434 g/mol. The highest BCUT2D eigenvalue weighted by Gasteiger charge is 2.71. The van der Waals surface area contributed by atoms with E-state index < -0.39 is 23.5 Å². The summed E-state index contributed by atoms with van der Waals surface area (Å²) in [5.74, 6) is -0.258. The Labute approximate surface area is 169 Å². The number of alkyl halides is 6. The van der Waals surface area contributed by atoms with Gasteiger partial charge in [-0.25, -0.2) is 0 Å². The van der Waals surface area contributed by atoms with Gasteiger partial charge in [-0.15, -0.1) is 0 Å². The fourth-order valence-electron chi connectivity index (χ4n) is 2.73. The average Bonchev–Trinajstić information content (AvgIpc) is 2.69. The number of rotatable bonds is 7. The topological polar surface area (TPSA) is 52.6 Å². The monoisotopic (exact) mass is 434 g/mol. The molecule has 0 aliphatic heterocycles. The molecule has 0 saturated heterocycles. The molecular formula is C20H20F6N2O2. The predicted octanol–water partition coefficient (Wildman–Crippen LogP) is 4.14. The van der Waals surface area contributed by atoms with E-state index in [1.807, 2.05) is 30.3 Å². The quantitative estimate of drug-likeness (QED) is 0.644. The molecule has 0 heterocycles. The number of hydrogen-bond donors (Lipinski definition) is 2. The lowest BCUT2D eigenvalue weighted by molar-refractivity contribution is -0.376. The smallest absolute Gasteiger partial charge is 0.374 e. The molecule has 4 nitrogen and oxygen atoms in total. The maximum atomic E-state index is 12.9. The standard InChI is InChI=1S/C20H20F6N2O2/c1-28(12-11-17(29)27-13-14-5-3-2-4-6-14)16-9-7-15(8-10-16)18(30,19(21,22)23)20(24,25)26/h2-10,30H,11-13H2,1H3,(H,27,29). The van der Waals surface area contributed by atoms with Crippen molar-refractivity contribution < 1.29 is 36.2 Å². The zero-order chi connectivity index (χ0) is 22.6. The van der Waals surface area contributed by atoms with Crippen molar-refractivity contribution in [3.8, 4) is 0 Å². The van der Waals surface area contributed by atoms with Gasteiger partial charge in [0, 0.05) is 37.8 Å². The number of nitrogens with one attached hydrogen (secondary N) is 1. The van der Waals surface area contributed by atoms with Crippen LogP contribution in [-0.2, 0) is 16.9 Å². The molecule has 2 aromatic rings. The SMILES string of the molecule is CN(CCC(=O)NCc1ccccc1)c1ccc(C(O)(C(F)(F)F)C(F)(F)F)cc1. The van der Waals surface area contributed by atoms with Gasteiger partial charge >= 0.3 is 12.4 Å². The molecule has 0 fully saturated rings. The number of aliphatic hydroxyl groups is 1. The number of carbonyl (C=O) groups excluding carboxylic acids is 1. The molecule has 0 bridgehead atoms. The zero-order valence-electron chi connectivity index (χ0n) is 15.9. The van der Waals surface area contributed by atoms with Gasteiger partial charge in [0.1, 0.15) is 0 Å². The van der Waals surface area contributed by atoms with Crippen LogP contribution in [0, 0.1) is 0 Å². The van der Waals surface area contributed by atoms with Gasteiger partial charge in [0.2, 0.25) is 5.91 Å². The lowest BCUT2D eigenvalue weighted by atomic mass is 9.92. The number of anilines is 1. The molecule has 2 N–H and O–H groups in total. The summed E-state index contributed by atoms with van der Waals surface area (Å²) in [6, 6.07) is 12.4. The third kappa shape index (κ3) is 5.24. The van der Waals surface area contributed by atoms with Gasteiger partial charge < -0.3 is 15.3 Å². The summed E-state index contributed by atoms with van der Waals surface area (Å²) in [6.07, 6.45) is -11.8. The summed E-state index contributed by atoms with van der Waals surface area (Å²) in [6.45, 7) is 0.522. The summed E-state index contributed by atoms with van der Waals surface area (Å²) in [5.41, 5.74) is -5.09. The summed E-state index contributed by atoms with van der Waals surface area (Å²) >= 11 is 0. The maximum Gasteiger partial charge on any atom is 0.430 e. The third-order valence-electron chi connectivity index (χ3n) is 4.55. The Bertz CT molecular complexity index is 821. The fourth-order valence-corrected chi connectivity index (χ4v) is 2.73.